The minimum absolute atomic E-state index is 0.383. The van der Waals surface area contributed by atoms with Crippen LogP contribution in [0, 0.1) is 0 Å². The highest BCUT2D eigenvalue weighted by Gasteiger charge is 2.23. The zero-order chi connectivity index (χ0) is 15.8. The van der Waals surface area contributed by atoms with E-state index in [1.54, 1.807) is 31.2 Å². The molecule has 0 spiro atoms. The van der Waals surface area contributed by atoms with E-state index in [9.17, 15) is 9.59 Å². The Kier molecular flexibility index (Phi) is 6.98. The molecule has 6 nitrogen and oxygen atoms in total. The van der Waals surface area contributed by atoms with Crippen molar-refractivity contribution >= 4 is 23.6 Å². The van der Waals surface area contributed by atoms with Crippen LogP contribution in [-0.2, 0) is 9.53 Å². The Hall–Kier alpha value is -1.79. The molecule has 0 bridgehead atoms. The van der Waals surface area contributed by atoms with E-state index in [4.69, 9.17) is 16.3 Å². The zero-order valence-electron chi connectivity index (χ0n) is 12.3. The fourth-order valence-electron chi connectivity index (χ4n) is 1.56. The van der Waals surface area contributed by atoms with Gasteiger partial charge in [0.2, 0.25) is 0 Å². The van der Waals surface area contributed by atoms with Crippen LogP contribution in [0.15, 0.2) is 24.3 Å². The lowest BCUT2D eigenvalue weighted by Crippen LogP contribution is -3.14. The van der Waals surface area contributed by atoms with E-state index in [2.05, 4.69) is 10.1 Å². The molecule has 7 heteroatoms. The molecule has 0 aliphatic heterocycles. The lowest BCUT2D eigenvalue weighted by Gasteiger charge is -2.20. The topological polar surface area (TPSA) is 69.1 Å². The largest absolute Gasteiger partial charge is 0.488 e. The summed E-state index contributed by atoms with van der Waals surface area (Å²) in [6, 6.07) is 6.67. The molecule has 0 saturated carbocycles. The van der Waals surface area contributed by atoms with Crippen LogP contribution in [0.25, 0.3) is 0 Å². The van der Waals surface area contributed by atoms with Gasteiger partial charge in [-0.3, -0.25) is 10.1 Å². The summed E-state index contributed by atoms with van der Waals surface area (Å²) in [7, 11) is 3.07. The molecule has 2 N–H and O–H groups in total. The predicted molar refractivity (Wildman–Crippen MR) is 78.7 cm³/mol. The van der Waals surface area contributed by atoms with Gasteiger partial charge in [-0.05, 0) is 31.2 Å². The Balaban J connectivity index is 2.35. The number of benzene rings is 1. The summed E-state index contributed by atoms with van der Waals surface area (Å²) >= 11 is 5.78. The van der Waals surface area contributed by atoms with Crippen LogP contribution in [0.2, 0.25) is 5.02 Å². The Morgan fingerprint density at radius 3 is 2.52 bits per heavy atom. The number of rotatable bonds is 6. The maximum Gasteiger partial charge on any atom is 0.413 e. The number of nitrogens with one attached hydrogen (secondary N) is 2. The summed E-state index contributed by atoms with van der Waals surface area (Å²) in [4.78, 5) is 23.6. The Morgan fingerprint density at radius 2 is 1.95 bits per heavy atom. The SMILES string of the molecule is COC(=O)NC(=O)[C@H](C)[NH+](C)CCOc1ccc(Cl)cc1. The molecule has 1 aromatic carbocycles. The number of alkyl carbamates (subject to hydrolysis) is 1. The molecular formula is C14H20ClN2O4+. The monoisotopic (exact) mass is 315 g/mol. The van der Waals surface area contributed by atoms with Crippen molar-refractivity contribution in [3.05, 3.63) is 29.3 Å². The summed E-state index contributed by atoms with van der Waals surface area (Å²) in [6.45, 7) is 2.79. The molecule has 1 rings (SSSR count). The predicted octanol–water partition coefficient (Wildman–Crippen LogP) is 0.505. The lowest BCUT2D eigenvalue weighted by atomic mass is 10.3. The zero-order valence-corrected chi connectivity index (χ0v) is 13.1. The van der Waals surface area contributed by atoms with Crippen LogP contribution in [-0.4, -0.2) is 45.4 Å². The minimum Gasteiger partial charge on any atom is -0.488 e. The maximum atomic E-state index is 11.7. The summed E-state index contributed by atoms with van der Waals surface area (Å²) in [5.41, 5.74) is 0. The molecule has 0 aliphatic carbocycles. The van der Waals surface area contributed by atoms with E-state index in [0.29, 0.717) is 18.2 Å². The number of amides is 2. The van der Waals surface area contributed by atoms with Gasteiger partial charge < -0.3 is 14.4 Å². The van der Waals surface area contributed by atoms with E-state index < -0.39 is 12.1 Å². The van der Waals surface area contributed by atoms with Crippen LogP contribution in [0.1, 0.15) is 6.92 Å². The Bertz CT molecular complexity index is 478. The second kappa shape index (κ2) is 8.49. The quantitative estimate of drug-likeness (QED) is 0.802. The molecule has 0 radical (unpaired) electrons. The number of carbonyl (C=O) groups is 2. The summed E-state index contributed by atoms with van der Waals surface area (Å²) < 4.78 is 9.94. The van der Waals surface area contributed by atoms with E-state index >= 15 is 0 Å². The van der Waals surface area contributed by atoms with Gasteiger partial charge in [-0.2, -0.15) is 0 Å². The van der Waals surface area contributed by atoms with Crippen molar-refractivity contribution in [2.24, 2.45) is 0 Å². The molecule has 0 heterocycles. The standard InChI is InChI=1S/C14H19ClN2O4/c1-10(13(18)16-14(19)20-3)17(2)8-9-21-12-6-4-11(15)5-7-12/h4-7,10H,8-9H2,1-3H3,(H,16,18,19)/p+1/t10-/m0/s1. The highest BCUT2D eigenvalue weighted by molar-refractivity contribution is 6.30. The van der Waals surface area contributed by atoms with Crippen molar-refractivity contribution in [2.75, 3.05) is 27.3 Å². The summed E-state index contributed by atoms with van der Waals surface area (Å²) in [5, 5.41) is 2.80. The van der Waals surface area contributed by atoms with Gasteiger partial charge in [-0.1, -0.05) is 11.6 Å². The van der Waals surface area contributed by atoms with Crippen molar-refractivity contribution in [2.45, 2.75) is 13.0 Å². The van der Waals surface area contributed by atoms with E-state index in [-0.39, 0.29) is 5.91 Å². The molecule has 21 heavy (non-hydrogen) atoms. The second-order valence-electron chi connectivity index (χ2n) is 4.60. The van der Waals surface area contributed by atoms with E-state index in [0.717, 1.165) is 10.6 Å². The molecule has 0 aliphatic rings. The molecule has 0 aromatic heterocycles. The van der Waals surface area contributed by atoms with Crippen molar-refractivity contribution in [3.63, 3.8) is 0 Å². The number of likely N-dealkylation sites (N-methyl/N-ethyl adjacent to an activating group) is 1. The van der Waals surface area contributed by atoms with Gasteiger partial charge in [-0.25, -0.2) is 4.79 Å². The second-order valence-corrected chi connectivity index (χ2v) is 5.04. The number of ether oxygens (including phenoxy) is 2. The molecule has 116 valence electrons. The lowest BCUT2D eigenvalue weighted by molar-refractivity contribution is -0.894. The summed E-state index contributed by atoms with van der Waals surface area (Å²) in [5.74, 6) is 0.338. The number of carbonyl (C=O) groups excluding carboxylic acids is 2. The third kappa shape index (κ3) is 6.01. The van der Waals surface area contributed by atoms with E-state index in [1.165, 1.54) is 7.11 Å². The van der Waals surface area contributed by atoms with Gasteiger partial charge in [0.1, 0.15) is 18.9 Å². The van der Waals surface area contributed by atoms with Gasteiger partial charge in [0.15, 0.2) is 6.04 Å². The molecule has 1 unspecified atom stereocenters. The molecule has 1 aromatic rings. The highest BCUT2D eigenvalue weighted by Crippen LogP contribution is 2.14. The van der Waals surface area contributed by atoms with Crippen molar-refractivity contribution < 1.29 is 24.0 Å². The first kappa shape index (κ1) is 17.3. The van der Waals surface area contributed by atoms with Gasteiger partial charge in [-0.15, -0.1) is 0 Å². The molecule has 2 atom stereocenters. The van der Waals surface area contributed by atoms with Crippen LogP contribution < -0.4 is 15.0 Å². The minimum atomic E-state index is -0.753. The Morgan fingerprint density at radius 1 is 1.33 bits per heavy atom. The van der Waals surface area contributed by atoms with Crippen LogP contribution in [0.3, 0.4) is 0 Å². The average Bonchev–Trinajstić information content (AvgIpc) is 2.48. The number of halogens is 1. The number of hydrogen-bond donors (Lipinski definition) is 2. The first-order valence-electron chi connectivity index (χ1n) is 6.53. The number of imide groups is 1. The maximum absolute atomic E-state index is 11.7. The fraction of sp³-hybridized carbons (Fsp3) is 0.429. The number of quaternary nitrogens is 1. The van der Waals surface area contributed by atoms with Crippen LogP contribution in [0.4, 0.5) is 4.79 Å². The fourth-order valence-corrected chi connectivity index (χ4v) is 1.69. The number of methoxy groups -OCH3 is 1. The molecule has 2 amide bonds. The van der Waals surface area contributed by atoms with E-state index in [1.807, 2.05) is 7.05 Å². The van der Waals surface area contributed by atoms with Crippen LogP contribution >= 0.6 is 11.6 Å². The average molecular weight is 316 g/mol. The summed E-state index contributed by atoms with van der Waals surface area (Å²) in [6.07, 6.45) is -0.753. The van der Waals surface area contributed by atoms with Gasteiger partial charge >= 0.3 is 6.09 Å². The van der Waals surface area contributed by atoms with Crippen LogP contribution in [0.5, 0.6) is 5.75 Å². The van der Waals surface area contributed by atoms with Crippen molar-refractivity contribution in [3.8, 4) is 5.75 Å². The highest BCUT2D eigenvalue weighted by atomic mass is 35.5. The third-order valence-electron chi connectivity index (χ3n) is 3.12. The van der Waals surface area contributed by atoms with Gasteiger partial charge in [0.25, 0.3) is 5.91 Å². The molecule has 0 fully saturated rings. The third-order valence-corrected chi connectivity index (χ3v) is 3.37. The van der Waals surface area contributed by atoms with Crippen molar-refractivity contribution in [1.29, 1.82) is 0 Å². The number of hydrogen-bond acceptors (Lipinski definition) is 4. The Labute approximate surface area is 129 Å². The first-order chi connectivity index (χ1) is 9.93. The molecule has 0 saturated heterocycles. The van der Waals surface area contributed by atoms with Gasteiger partial charge in [0, 0.05) is 5.02 Å². The van der Waals surface area contributed by atoms with Crippen molar-refractivity contribution in [1.82, 2.24) is 5.32 Å². The van der Waals surface area contributed by atoms with Gasteiger partial charge in [0.05, 0.1) is 14.2 Å². The normalized spacial score (nSPS) is 13.1. The first-order valence-corrected chi connectivity index (χ1v) is 6.91. The smallest absolute Gasteiger partial charge is 0.413 e. The molecular weight excluding hydrogens is 296 g/mol.